The van der Waals surface area contributed by atoms with Gasteiger partial charge in [0.2, 0.25) is 5.82 Å². The summed E-state index contributed by atoms with van der Waals surface area (Å²) in [5, 5.41) is 0. The first-order chi connectivity index (χ1) is 13.8. The molecule has 0 unspecified atom stereocenters. The van der Waals surface area contributed by atoms with Gasteiger partial charge in [-0.25, -0.2) is 26.9 Å². The van der Waals surface area contributed by atoms with Crippen LogP contribution in [0.25, 0.3) is 16.9 Å². The molecule has 0 aliphatic heterocycles. The molecule has 0 radical (unpaired) electrons. The number of anilines is 1. The lowest BCUT2D eigenvalue weighted by Gasteiger charge is -2.10. The van der Waals surface area contributed by atoms with E-state index >= 15 is 0 Å². The van der Waals surface area contributed by atoms with Crippen LogP contribution in [0, 0.1) is 29.1 Å². The highest BCUT2D eigenvalue weighted by atomic mass is 19.2. The van der Waals surface area contributed by atoms with Gasteiger partial charge in [0.05, 0.1) is 5.56 Å². The second kappa shape index (κ2) is 6.69. The van der Waals surface area contributed by atoms with Crippen LogP contribution < -0.4 is 5.73 Å². The Morgan fingerprint density at radius 1 is 0.793 bits per heavy atom. The van der Waals surface area contributed by atoms with E-state index in [1.165, 1.54) is 18.3 Å². The number of hydrogen-bond acceptors (Lipinski definition) is 3. The van der Waals surface area contributed by atoms with E-state index in [-0.39, 0.29) is 11.2 Å². The number of benzene rings is 2. The maximum Gasteiger partial charge on any atom is 0.200 e. The van der Waals surface area contributed by atoms with E-state index in [2.05, 4.69) is 4.98 Å². The first-order valence-corrected chi connectivity index (χ1v) is 8.20. The summed E-state index contributed by atoms with van der Waals surface area (Å²) >= 11 is 0. The van der Waals surface area contributed by atoms with Crippen LogP contribution in [-0.2, 0) is 0 Å². The lowest BCUT2D eigenvalue weighted by Crippen LogP contribution is -2.07. The van der Waals surface area contributed by atoms with Crippen LogP contribution in [0.5, 0.6) is 0 Å². The molecule has 0 bridgehead atoms. The maximum absolute atomic E-state index is 14.3. The third kappa shape index (κ3) is 2.82. The minimum absolute atomic E-state index is 0.0612. The first-order valence-electron chi connectivity index (χ1n) is 8.20. The Balaban J connectivity index is 1.98. The summed E-state index contributed by atoms with van der Waals surface area (Å²) in [7, 11) is 0. The van der Waals surface area contributed by atoms with E-state index in [0.29, 0.717) is 5.56 Å². The summed E-state index contributed by atoms with van der Waals surface area (Å²) in [5.41, 5.74) is 4.45. The number of nitrogens with two attached hydrogens (primary N) is 1. The van der Waals surface area contributed by atoms with Gasteiger partial charge in [-0.3, -0.25) is 9.20 Å². The quantitative estimate of drug-likeness (QED) is 0.237. The normalized spacial score (nSPS) is 11.2. The summed E-state index contributed by atoms with van der Waals surface area (Å²) < 4.78 is 70.4. The molecular weight excluding hydrogens is 393 g/mol. The fraction of sp³-hybridized carbons (Fsp3) is 0. The van der Waals surface area contributed by atoms with E-state index in [9.17, 15) is 26.7 Å². The molecule has 4 rings (SSSR count). The summed E-state index contributed by atoms with van der Waals surface area (Å²) in [4.78, 5) is 16.5. The molecule has 4 aromatic rings. The molecule has 2 heterocycles. The van der Waals surface area contributed by atoms with Crippen LogP contribution in [0.1, 0.15) is 15.9 Å². The van der Waals surface area contributed by atoms with Crippen LogP contribution in [0.2, 0.25) is 0 Å². The summed E-state index contributed by atoms with van der Waals surface area (Å²) in [6, 6.07) is 10.9. The van der Waals surface area contributed by atoms with Gasteiger partial charge >= 0.3 is 0 Å². The SMILES string of the molecule is Nc1nc2ccc(C(=O)c3ccccc3)cn2c1-c1c(F)c(F)c(F)c(F)c1F. The smallest absolute Gasteiger partial charge is 0.200 e. The highest BCUT2D eigenvalue weighted by Crippen LogP contribution is 2.35. The Kier molecular flexibility index (Phi) is 4.30. The predicted molar refractivity (Wildman–Crippen MR) is 94.7 cm³/mol. The molecule has 4 nitrogen and oxygen atoms in total. The number of imidazole rings is 1. The Bertz CT molecular complexity index is 1260. The molecule has 9 heteroatoms. The fourth-order valence-corrected chi connectivity index (χ4v) is 3.01. The Morgan fingerprint density at radius 3 is 2.00 bits per heavy atom. The van der Waals surface area contributed by atoms with Gasteiger partial charge in [-0.1, -0.05) is 30.3 Å². The fourth-order valence-electron chi connectivity index (χ4n) is 3.01. The highest BCUT2D eigenvalue weighted by Gasteiger charge is 2.30. The standard InChI is InChI=1S/C20H10F5N3O/c21-13-12(14(22)16(24)17(25)15(13)23)18-20(26)27-11-7-6-10(8-28(11)18)19(29)9-4-2-1-3-5-9/h1-8H,26H2. The molecular formula is C20H10F5N3O. The Labute approximate surface area is 160 Å². The zero-order chi connectivity index (χ0) is 20.9. The molecule has 0 saturated heterocycles. The van der Waals surface area contributed by atoms with Crippen molar-refractivity contribution < 1.29 is 26.7 Å². The van der Waals surface area contributed by atoms with Gasteiger partial charge in [0.25, 0.3) is 0 Å². The average molecular weight is 403 g/mol. The molecule has 0 amide bonds. The Hall–Kier alpha value is -3.75. The van der Waals surface area contributed by atoms with E-state index in [1.54, 1.807) is 30.3 Å². The average Bonchev–Trinajstić information content (AvgIpc) is 3.06. The zero-order valence-electron chi connectivity index (χ0n) is 14.4. The van der Waals surface area contributed by atoms with E-state index in [1.807, 2.05) is 0 Å². The van der Waals surface area contributed by atoms with Crippen LogP contribution in [-0.4, -0.2) is 15.2 Å². The maximum atomic E-state index is 14.3. The van der Waals surface area contributed by atoms with Crippen LogP contribution >= 0.6 is 0 Å². The molecule has 0 fully saturated rings. The second-order valence-corrected chi connectivity index (χ2v) is 6.13. The molecule has 0 atom stereocenters. The highest BCUT2D eigenvalue weighted by molar-refractivity contribution is 6.09. The minimum atomic E-state index is -2.28. The van der Waals surface area contributed by atoms with Gasteiger partial charge in [-0.05, 0) is 12.1 Å². The Morgan fingerprint density at radius 2 is 1.38 bits per heavy atom. The molecule has 146 valence electrons. The molecule has 0 aliphatic carbocycles. The summed E-state index contributed by atoms with van der Waals surface area (Å²) in [6.07, 6.45) is 1.18. The lowest BCUT2D eigenvalue weighted by molar-refractivity contribution is 0.103. The van der Waals surface area contributed by atoms with Crippen molar-refractivity contribution in [2.75, 3.05) is 5.73 Å². The van der Waals surface area contributed by atoms with Crippen molar-refractivity contribution >= 4 is 17.2 Å². The third-order valence-corrected chi connectivity index (χ3v) is 4.39. The topological polar surface area (TPSA) is 60.4 Å². The monoisotopic (exact) mass is 403 g/mol. The van der Waals surface area contributed by atoms with Gasteiger partial charge in [0.15, 0.2) is 34.9 Å². The molecule has 0 spiro atoms. The number of aromatic nitrogens is 2. The van der Waals surface area contributed by atoms with Crippen molar-refractivity contribution in [1.29, 1.82) is 0 Å². The van der Waals surface area contributed by atoms with E-state index < -0.39 is 51.9 Å². The number of carbonyl (C=O) groups excluding carboxylic acids is 1. The molecule has 0 saturated carbocycles. The van der Waals surface area contributed by atoms with Gasteiger partial charge in [-0.2, -0.15) is 0 Å². The molecule has 2 N–H and O–H groups in total. The minimum Gasteiger partial charge on any atom is -0.382 e. The molecule has 2 aromatic carbocycles. The van der Waals surface area contributed by atoms with Crippen molar-refractivity contribution in [3.8, 4) is 11.3 Å². The molecule has 2 aromatic heterocycles. The molecule has 0 aliphatic rings. The number of rotatable bonds is 3. The van der Waals surface area contributed by atoms with Gasteiger partial charge in [-0.15, -0.1) is 0 Å². The number of nitrogens with zero attached hydrogens (tertiary/aromatic N) is 2. The number of ketones is 1. The molecule has 29 heavy (non-hydrogen) atoms. The second-order valence-electron chi connectivity index (χ2n) is 6.13. The summed E-state index contributed by atoms with van der Waals surface area (Å²) in [6.45, 7) is 0. The number of carbonyl (C=O) groups is 1. The largest absolute Gasteiger partial charge is 0.382 e. The van der Waals surface area contributed by atoms with Crippen molar-refractivity contribution in [2.45, 2.75) is 0 Å². The van der Waals surface area contributed by atoms with Crippen LogP contribution in [0.4, 0.5) is 27.8 Å². The van der Waals surface area contributed by atoms with Crippen molar-refractivity contribution in [3.63, 3.8) is 0 Å². The van der Waals surface area contributed by atoms with Crippen LogP contribution in [0.3, 0.4) is 0 Å². The number of hydrogen-bond donors (Lipinski definition) is 1. The predicted octanol–water partition coefficient (Wildman–Crippen LogP) is 4.51. The van der Waals surface area contributed by atoms with Crippen molar-refractivity contribution in [3.05, 3.63) is 88.9 Å². The number of fused-ring (bicyclic) bond motifs is 1. The van der Waals surface area contributed by atoms with E-state index in [0.717, 1.165) is 4.40 Å². The number of pyridine rings is 1. The third-order valence-electron chi connectivity index (χ3n) is 4.39. The van der Waals surface area contributed by atoms with Gasteiger partial charge in [0.1, 0.15) is 11.3 Å². The van der Waals surface area contributed by atoms with Gasteiger partial charge < -0.3 is 5.73 Å². The first kappa shape index (κ1) is 18.6. The van der Waals surface area contributed by atoms with Crippen molar-refractivity contribution in [1.82, 2.24) is 9.38 Å². The van der Waals surface area contributed by atoms with Crippen LogP contribution in [0.15, 0.2) is 48.7 Å². The lowest BCUT2D eigenvalue weighted by atomic mass is 10.0. The van der Waals surface area contributed by atoms with Gasteiger partial charge in [0, 0.05) is 17.3 Å². The number of nitrogen functional groups attached to an aromatic ring is 1. The number of halogens is 5. The summed E-state index contributed by atoms with van der Waals surface area (Å²) in [5.74, 6) is -11.5. The van der Waals surface area contributed by atoms with E-state index in [4.69, 9.17) is 5.73 Å². The van der Waals surface area contributed by atoms with Crippen molar-refractivity contribution in [2.24, 2.45) is 0 Å². The zero-order valence-corrected chi connectivity index (χ0v) is 14.4.